The predicted molar refractivity (Wildman–Crippen MR) is 96.4 cm³/mol. The number of hydrogen-bond acceptors (Lipinski definition) is 3. The van der Waals surface area contributed by atoms with Crippen LogP contribution in [0.3, 0.4) is 0 Å². The fourth-order valence-corrected chi connectivity index (χ4v) is 2.37. The first-order valence-electron chi connectivity index (χ1n) is 6.70. The van der Waals surface area contributed by atoms with Gasteiger partial charge in [0, 0.05) is 5.02 Å². The van der Waals surface area contributed by atoms with Crippen molar-refractivity contribution in [2.45, 2.75) is 13.0 Å². The van der Waals surface area contributed by atoms with E-state index in [0.717, 1.165) is 0 Å². The first-order valence-corrected chi connectivity index (χ1v) is 8.21. The maximum absolute atomic E-state index is 12.1. The molecule has 0 saturated carbocycles. The predicted octanol–water partition coefficient (Wildman–Crippen LogP) is 5.48. The van der Waals surface area contributed by atoms with E-state index in [1.807, 2.05) is 0 Å². The summed E-state index contributed by atoms with van der Waals surface area (Å²) in [5.41, 5.74) is 0.511. The molecule has 0 fully saturated rings. The van der Waals surface area contributed by atoms with Crippen molar-refractivity contribution in [2.75, 3.05) is 5.32 Å². The van der Waals surface area contributed by atoms with Crippen LogP contribution in [0.15, 0.2) is 36.4 Å². The molecule has 2 aromatic carbocycles. The van der Waals surface area contributed by atoms with Crippen molar-refractivity contribution in [1.82, 2.24) is 0 Å². The van der Waals surface area contributed by atoms with E-state index in [0.29, 0.717) is 20.8 Å². The molecule has 0 spiro atoms. The number of anilines is 1. The Balaban J connectivity index is 2.04. The Labute approximate surface area is 158 Å². The lowest BCUT2D eigenvalue weighted by Gasteiger charge is -2.14. The van der Waals surface area contributed by atoms with Gasteiger partial charge in [0.25, 0.3) is 5.91 Å². The molecule has 0 aliphatic carbocycles. The average Bonchev–Trinajstić information content (AvgIpc) is 2.53. The molecule has 8 heteroatoms. The fourth-order valence-electron chi connectivity index (χ4n) is 1.73. The summed E-state index contributed by atoms with van der Waals surface area (Å²) in [6.07, 6.45) is -1.05. The number of rotatable bonds is 4. The number of halogens is 4. The first kappa shape index (κ1) is 18.9. The Morgan fingerprint density at radius 3 is 2.29 bits per heavy atom. The third kappa shape index (κ3) is 4.77. The maximum Gasteiger partial charge on any atom is 0.338 e. The number of amides is 1. The van der Waals surface area contributed by atoms with Crippen LogP contribution in [0.5, 0.6) is 0 Å². The Morgan fingerprint density at radius 2 is 1.62 bits per heavy atom. The van der Waals surface area contributed by atoms with Gasteiger partial charge in [0.1, 0.15) is 0 Å². The fraction of sp³-hybridized carbons (Fsp3) is 0.125. The molecule has 2 rings (SSSR count). The molecule has 0 saturated heterocycles. The average molecular weight is 407 g/mol. The minimum atomic E-state index is -1.05. The van der Waals surface area contributed by atoms with Crippen molar-refractivity contribution in [3.63, 3.8) is 0 Å². The van der Waals surface area contributed by atoms with Crippen LogP contribution < -0.4 is 5.32 Å². The molecule has 4 nitrogen and oxygen atoms in total. The van der Waals surface area contributed by atoms with Crippen molar-refractivity contribution in [3.8, 4) is 0 Å². The van der Waals surface area contributed by atoms with Gasteiger partial charge in [-0.05, 0) is 43.3 Å². The minimum Gasteiger partial charge on any atom is -0.449 e. The lowest BCUT2D eigenvalue weighted by atomic mass is 10.2. The molecule has 0 aliphatic rings. The third-order valence-corrected chi connectivity index (χ3v) is 4.30. The molecule has 24 heavy (non-hydrogen) atoms. The van der Waals surface area contributed by atoms with Gasteiger partial charge in [-0.3, -0.25) is 4.79 Å². The maximum atomic E-state index is 12.1. The van der Waals surface area contributed by atoms with Gasteiger partial charge >= 0.3 is 5.97 Å². The minimum absolute atomic E-state index is 0.185. The lowest BCUT2D eigenvalue weighted by molar-refractivity contribution is -0.123. The lowest BCUT2D eigenvalue weighted by Crippen LogP contribution is -2.30. The zero-order valence-electron chi connectivity index (χ0n) is 12.3. The quantitative estimate of drug-likeness (QED) is 0.683. The highest BCUT2D eigenvalue weighted by Gasteiger charge is 2.20. The first-order chi connectivity index (χ1) is 11.3. The summed E-state index contributed by atoms with van der Waals surface area (Å²) < 4.78 is 5.11. The van der Waals surface area contributed by atoms with E-state index in [1.165, 1.54) is 31.2 Å². The number of carbonyl (C=O) groups is 2. The number of benzene rings is 2. The Kier molecular flexibility index (Phi) is 6.35. The van der Waals surface area contributed by atoms with Crippen molar-refractivity contribution < 1.29 is 14.3 Å². The van der Waals surface area contributed by atoms with Crippen LogP contribution in [0.4, 0.5) is 5.69 Å². The monoisotopic (exact) mass is 405 g/mol. The SMILES string of the molecule is C[C@H](OC(=O)c1ccc(Cl)c(Cl)c1)C(=O)Nc1cc(Cl)ccc1Cl. The van der Waals surface area contributed by atoms with Crippen LogP contribution in [-0.4, -0.2) is 18.0 Å². The molecular formula is C16H11Cl4NO3. The molecule has 0 radical (unpaired) electrons. The Bertz CT molecular complexity index is 795. The van der Waals surface area contributed by atoms with Gasteiger partial charge in [-0.2, -0.15) is 0 Å². The zero-order valence-corrected chi connectivity index (χ0v) is 15.3. The van der Waals surface area contributed by atoms with E-state index in [4.69, 9.17) is 51.1 Å². The van der Waals surface area contributed by atoms with Crippen LogP contribution in [-0.2, 0) is 9.53 Å². The highest BCUT2D eigenvalue weighted by Crippen LogP contribution is 2.26. The number of nitrogens with one attached hydrogen (secondary N) is 1. The topological polar surface area (TPSA) is 55.4 Å². The van der Waals surface area contributed by atoms with Crippen LogP contribution in [0.25, 0.3) is 0 Å². The van der Waals surface area contributed by atoms with Crippen LogP contribution in [0.1, 0.15) is 17.3 Å². The van der Waals surface area contributed by atoms with E-state index in [1.54, 1.807) is 12.1 Å². The standard InChI is InChI=1S/C16H11Cl4NO3/c1-8(15(22)21-14-7-10(17)3-5-12(14)19)24-16(23)9-2-4-11(18)13(20)6-9/h2-8H,1H3,(H,21,22)/t8-/m0/s1. The molecule has 126 valence electrons. The Morgan fingerprint density at radius 1 is 0.958 bits per heavy atom. The molecule has 2 aromatic rings. The summed E-state index contributed by atoms with van der Waals surface area (Å²) in [4.78, 5) is 24.2. The molecule has 0 heterocycles. The number of ether oxygens (including phenoxy) is 1. The van der Waals surface area contributed by atoms with E-state index < -0.39 is 18.0 Å². The summed E-state index contributed by atoms with van der Waals surface area (Å²) in [6.45, 7) is 1.43. The van der Waals surface area contributed by atoms with E-state index in [2.05, 4.69) is 5.32 Å². The van der Waals surface area contributed by atoms with Gasteiger partial charge in [0.05, 0.1) is 26.3 Å². The van der Waals surface area contributed by atoms with Crippen LogP contribution >= 0.6 is 46.4 Å². The molecule has 0 aromatic heterocycles. The third-order valence-electron chi connectivity index (χ3n) is 2.99. The molecule has 0 unspecified atom stereocenters. The second-order valence-electron chi connectivity index (χ2n) is 4.79. The Hall–Kier alpha value is -1.46. The smallest absolute Gasteiger partial charge is 0.338 e. The molecule has 0 bridgehead atoms. The number of hydrogen-bond donors (Lipinski definition) is 1. The van der Waals surface area contributed by atoms with E-state index >= 15 is 0 Å². The molecule has 1 N–H and O–H groups in total. The molecule has 1 amide bonds. The summed E-state index contributed by atoms with van der Waals surface area (Å²) >= 11 is 23.5. The van der Waals surface area contributed by atoms with Crippen LogP contribution in [0, 0.1) is 0 Å². The molecule has 1 atom stereocenters. The van der Waals surface area contributed by atoms with E-state index in [-0.39, 0.29) is 10.6 Å². The highest BCUT2D eigenvalue weighted by molar-refractivity contribution is 6.42. The van der Waals surface area contributed by atoms with Crippen molar-refractivity contribution in [3.05, 3.63) is 62.1 Å². The normalized spacial score (nSPS) is 11.7. The van der Waals surface area contributed by atoms with Crippen LogP contribution in [0.2, 0.25) is 20.1 Å². The van der Waals surface area contributed by atoms with Crippen molar-refractivity contribution in [2.24, 2.45) is 0 Å². The van der Waals surface area contributed by atoms with Gasteiger partial charge in [-0.1, -0.05) is 46.4 Å². The summed E-state index contributed by atoms with van der Waals surface area (Å²) in [5.74, 6) is -1.25. The molecular weight excluding hydrogens is 396 g/mol. The second kappa shape index (κ2) is 8.08. The van der Waals surface area contributed by atoms with Gasteiger partial charge in [0.2, 0.25) is 0 Å². The summed E-state index contributed by atoms with van der Waals surface area (Å²) in [5, 5.41) is 3.81. The summed E-state index contributed by atoms with van der Waals surface area (Å²) in [7, 11) is 0. The number of esters is 1. The summed E-state index contributed by atoms with van der Waals surface area (Å²) in [6, 6.07) is 8.92. The molecule has 0 aliphatic heterocycles. The number of carbonyl (C=O) groups excluding carboxylic acids is 2. The highest BCUT2D eigenvalue weighted by atomic mass is 35.5. The van der Waals surface area contributed by atoms with Crippen molar-refractivity contribution in [1.29, 1.82) is 0 Å². The van der Waals surface area contributed by atoms with Crippen molar-refractivity contribution >= 4 is 64.0 Å². The van der Waals surface area contributed by atoms with Gasteiger partial charge in [0.15, 0.2) is 6.10 Å². The zero-order chi connectivity index (χ0) is 17.9. The largest absolute Gasteiger partial charge is 0.449 e. The van der Waals surface area contributed by atoms with Gasteiger partial charge < -0.3 is 10.1 Å². The van der Waals surface area contributed by atoms with Gasteiger partial charge in [-0.15, -0.1) is 0 Å². The van der Waals surface area contributed by atoms with E-state index in [9.17, 15) is 9.59 Å². The second-order valence-corrected chi connectivity index (χ2v) is 6.45. The van der Waals surface area contributed by atoms with Gasteiger partial charge in [-0.25, -0.2) is 4.79 Å².